The first-order valence-corrected chi connectivity index (χ1v) is 8.84. The van der Waals surface area contributed by atoms with Gasteiger partial charge < -0.3 is 10.0 Å². The van der Waals surface area contributed by atoms with Crippen molar-refractivity contribution in [3.8, 4) is 0 Å². The van der Waals surface area contributed by atoms with Gasteiger partial charge in [-0.3, -0.25) is 9.59 Å². The van der Waals surface area contributed by atoms with E-state index in [1.165, 1.54) is 0 Å². The van der Waals surface area contributed by atoms with Crippen LogP contribution in [0.4, 0.5) is 0 Å². The molecule has 6 nitrogen and oxygen atoms in total. The van der Waals surface area contributed by atoms with Crippen LogP contribution >= 0.6 is 0 Å². The highest BCUT2D eigenvalue weighted by molar-refractivity contribution is 7.92. The summed E-state index contributed by atoms with van der Waals surface area (Å²) in [6, 6.07) is 0. The molecule has 7 heteroatoms. The van der Waals surface area contributed by atoms with Crippen LogP contribution in [-0.2, 0) is 19.4 Å². The summed E-state index contributed by atoms with van der Waals surface area (Å²) in [6.07, 6.45) is 4.05. The number of carbonyl (C=O) groups is 2. The molecule has 0 spiro atoms. The number of carboxylic acids is 1. The Balaban J connectivity index is 1.90. The van der Waals surface area contributed by atoms with E-state index in [1.54, 1.807) is 4.90 Å². The Bertz CT molecular complexity index is 489. The average molecular weight is 303 g/mol. The number of likely N-dealkylation sites (tertiary alicyclic amines) is 1. The normalized spacial score (nSPS) is 21.5. The van der Waals surface area contributed by atoms with Gasteiger partial charge in [0.05, 0.1) is 12.2 Å². The number of amides is 1. The first kappa shape index (κ1) is 15.3. The smallest absolute Gasteiger partial charge is 0.303 e. The Morgan fingerprint density at radius 3 is 2.20 bits per heavy atom. The highest BCUT2D eigenvalue weighted by atomic mass is 32.2. The van der Waals surface area contributed by atoms with Crippen molar-refractivity contribution in [1.29, 1.82) is 0 Å². The molecule has 0 bridgehead atoms. The molecule has 1 amide bonds. The fourth-order valence-electron chi connectivity index (χ4n) is 2.81. The Hall–Kier alpha value is -1.11. The summed E-state index contributed by atoms with van der Waals surface area (Å²) in [5.74, 6) is -1.96. The third kappa shape index (κ3) is 4.19. The molecule has 1 aliphatic carbocycles. The van der Waals surface area contributed by atoms with Gasteiger partial charge in [0.25, 0.3) is 0 Å². The van der Waals surface area contributed by atoms with E-state index in [2.05, 4.69) is 0 Å². The van der Waals surface area contributed by atoms with E-state index >= 15 is 0 Å². The molecule has 114 valence electrons. The van der Waals surface area contributed by atoms with Crippen molar-refractivity contribution in [3.05, 3.63) is 0 Å². The standard InChI is InChI=1S/C13H21NO5S/c15-11(14-6-2-1-3-7-14)9-20(18,19)10-13(4-5-13)8-12(16)17/h1-10H2,(H,16,17). The molecule has 1 N–H and O–H groups in total. The van der Waals surface area contributed by atoms with Gasteiger partial charge in [-0.2, -0.15) is 0 Å². The summed E-state index contributed by atoms with van der Waals surface area (Å²) in [4.78, 5) is 24.3. The van der Waals surface area contributed by atoms with E-state index in [9.17, 15) is 18.0 Å². The Labute approximate surface area is 119 Å². The van der Waals surface area contributed by atoms with Crippen LogP contribution in [0.25, 0.3) is 0 Å². The molecule has 1 aliphatic heterocycles. The van der Waals surface area contributed by atoms with Crippen molar-refractivity contribution in [2.75, 3.05) is 24.6 Å². The number of aliphatic carboxylic acids is 1. The van der Waals surface area contributed by atoms with Gasteiger partial charge in [-0.1, -0.05) is 0 Å². The summed E-state index contributed by atoms with van der Waals surface area (Å²) < 4.78 is 24.2. The fourth-order valence-corrected chi connectivity index (χ4v) is 4.79. The molecular formula is C13H21NO5S. The summed E-state index contributed by atoms with van der Waals surface area (Å²) in [7, 11) is -3.53. The second-order valence-electron chi connectivity index (χ2n) is 6.04. The summed E-state index contributed by atoms with van der Waals surface area (Å²) in [6.45, 7) is 1.27. The molecule has 2 rings (SSSR count). The third-order valence-corrected chi connectivity index (χ3v) is 5.80. The van der Waals surface area contributed by atoms with Gasteiger partial charge >= 0.3 is 5.97 Å². The number of rotatable bonds is 6. The molecule has 0 atom stereocenters. The number of sulfone groups is 1. The van der Waals surface area contributed by atoms with Crippen LogP contribution in [0, 0.1) is 5.41 Å². The largest absolute Gasteiger partial charge is 0.481 e. The zero-order valence-corrected chi connectivity index (χ0v) is 12.3. The SMILES string of the molecule is O=C(O)CC1(CS(=O)(=O)CC(=O)N2CCCCC2)CC1. The summed E-state index contributed by atoms with van der Waals surface area (Å²) >= 11 is 0. The maximum atomic E-state index is 12.1. The van der Waals surface area contributed by atoms with E-state index in [-0.39, 0.29) is 18.1 Å². The van der Waals surface area contributed by atoms with Crippen LogP contribution < -0.4 is 0 Å². The minimum absolute atomic E-state index is 0.121. The second-order valence-corrected chi connectivity index (χ2v) is 8.11. The van der Waals surface area contributed by atoms with Crippen molar-refractivity contribution >= 4 is 21.7 Å². The van der Waals surface area contributed by atoms with E-state index in [4.69, 9.17) is 5.11 Å². The minimum atomic E-state index is -3.53. The summed E-state index contributed by atoms with van der Waals surface area (Å²) in [5.41, 5.74) is -0.618. The molecule has 1 saturated heterocycles. The topological polar surface area (TPSA) is 91.7 Å². The highest BCUT2D eigenvalue weighted by Crippen LogP contribution is 2.49. The maximum Gasteiger partial charge on any atom is 0.303 e. The fraction of sp³-hybridized carbons (Fsp3) is 0.846. The number of hydrogen-bond acceptors (Lipinski definition) is 4. The Morgan fingerprint density at radius 2 is 1.70 bits per heavy atom. The van der Waals surface area contributed by atoms with E-state index in [1.807, 2.05) is 0 Å². The number of hydrogen-bond donors (Lipinski definition) is 1. The lowest BCUT2D eigenvalue weighted by atomic mass is 10.1. The molecule has 0 aromatic rings. The number of nitrogens with zero attached hydrogens (tertiary/aromatic N) is 1. The summed E-state index contributed by atoms with van der Waals surface area (Å²) in [5, 5.41) is 8.80. The Morgan fingerprint density at radius 1 is 1.10 bits per heavy atom. The molecule has 1 saturated carbocycles. The van der Waals surface area contributed by atoms with Gasteiger partial charge in [-0.15, -0.1) is 0 Å². The van der Waals surface area contributed by atoms with Crippen LogP contribution in [0.15, 0.2) is 0 Å². The lowest BCUT2D eigenvalue weighted by Gasteiger charge is -2.26. The van der Waals surface area contributed by atoms with Crippen LogP contribution in [0.1, 0.15) is 38.5 Å². The number of carboxylic acid groups (broad SMARTS) is 1. The van der Waals surface area contributed by atoms with E-state index in [0.717, 1.165) is 19.3 Å². The molecular weight excluding hydrogens is 282 g/mol. The lowest BCUT2D eigenvalue weighted by molar-refractivity contribution is -0.138. The third-order valence-electron chi connectivity index (χ3n) is 4.06. The lowest BCUT2D eigenvalue weighted by Crippen LogP contribution is -2.40. The predicted molar refractivity (Wildman–Crippen MR) is 73.0 cm³/mol. The number of piperidine rings is 1. The predicted octanol–water partition coefficient (Wildman–Crippen LogP) is 0.669. The van der Waals surface area contributed by atoms with Gasteiger partial charge in [0.2, 0.25) is 5.91 Å². The molecule has 2 aliphatic rings. The van der Waals surface area contributed by atoms with Crippen molar-refractivity contribution in [1.82, 2.24) is 4.90 Å². The van der Waals surface area contributed by atoms with Crippen molar-refractivity contribution < 1.29 is 23.1 Å². The molecule has 20 heavy (non-hydrogen) atoms. The minimum Gasteiger partial charge on any atom is -0.481 e. The van der Waals surface area contributed by atoms with Crippen LogP contribution in [0.3, 0.4) is 0 Å². The average Bonchev–Trinajstić information content (AvgIpc) is 3.06. The quantitative estimate of drug-likeness (QED) is 0.778. The van der Waals surface area contributed by atoms with Crippen molar-refractivity contribution in [2.45, 2.75) is 38.5 Å². The molecule has 1 heterocycles. The van der Waals surface area contributed by atoms with Crippen LogP contribution in [0.2, 0.25) is 0 Å². The molecule has 0 aromatic heterocycles. The van der Waals surface area contributed by atoms with Crippen molar-refractivity contribution in [2.24, 2.45) is 5.41 Å². The zero-order chi connectivity index (χ0) is 14.8. The first-order valence-electron chi connectivity index (χ1n) is 7.02. The van der Waals surface area contributed by atoms with E-state index < -0.39 is 27.0 Å². The van der Waals surface area contributed by atoms with Gasteiger partial charge in [-0.25, -0.2) is 8.42 Å². The van der Waals surface area contributed by atoms with Crippen LogP contribution in [-0.4, -0.2) is 54.9 Å². The first-order chi connectivity index (χ1) is 9.32. The zero-order valence-electron chi connectivity index (χ0n) is 11.5. The van der Waals surface area contributed by atoms with Crippen molar-refractivity contribution in [3.63, 3.8) is 0 Å². The molecule has 0 radical (unpaired) electrons. The second kappa shape index (κ2) is 5.71. The number of carbonyl (C=O) groups excluding carboxylic acids is 1. The van der Waals surface area contributed by atoms with Gasteiger partial charge in [0.15, 0.2) is 9.84 Å². The maximum absolute atomic E-state index is 12.1. The highest BCUT2D eigenvalue weighted by Gasteiger charge is 2.48. The molecule has 2 fully saturated rings. The van der Waals surface area contributed by atoms with Gasteiger partial charge in [-0.05, 0) is 37.5 Å². The monoisotopic (exact) mass is 303 g/mol. The Kier molecular flexibility index (Phi) is 4.36. The van der Waals surface area contributed by atoms with E-state index in [0.29, 0.717) is 25.9 Å². The van der Waals surface area contributed by atoms with Gasteiger partial charge in [0.1, 0.15) is 5.75 Å². The molecule has 0 unspecified atom stereocenters. The van der Waals surface area contributed by atoms with Crippen LogP contribution in [0.5, 0.6) is 0 Å². The molecule has 0 aromatic carbocycles. The van der Waals surface area contributed by atoms with Gasteiger partial charge in [0, 0.05) is 13.1 Å².